The highest BCUT2D eigenvalue weighted by Gasteiger charge is 2.61. The van der Waals surface area contributed by atoms with Crippen molar-refractivity contribution in [2.75, 3.05) is 6.54 Å². The molecule has 1 aliphatic carbocycles. The molecule has 2 aliphatic heterocycles. The van der Waals surface area contributed by atoms with Gasteiger partial charge in [0.05, 0.1) is 18.1 Å². The number of aliphatic carboxylic acids is 1. The van der Waals surface area contributed by atoms with Crippen LogP contribution in [-0.4, -0.2) is 73.2 Å². The van der Waals surface area contributed by atoms with Crippen LogP contribution in [0, 0.1) is 12.8 Å². The number of thiophene rings is 1. The van der Waals surface area contributed by atoms with Gasteiger partial charge in [-0.1, -0.05) is 30.2 Å². The highest BCUT2D eigenvalue weighted by atomic mass is 32.1. The van der Waals surface area contributed by atoms with Crippen LogP contribution in [0.15, 0.2) is 34.2 Å². The number of hydrogen-bond donors (Lipinski definition) is 3. The van der Waals surface area contributed by atoms with E-state index in [4.69, 9.17) is 15.0 Å². The minimum absolute atomic E-state index is 0.114. The third-order valence-electron chi connectivity index (χ3n) is 8.07. The van der Waals surface area contributed by atoms with Gasteiger partial charge in [0.15, 0.2) is 11.5 Å². The Hall–Kier alpha value is -3.84. The van der Waals surface area contributed by atoms with Gasteiger partial charge in [0, 0.05) is 18.4 Å². The van der Waals surface area contributed by atoms with Gasteiger partial charge in [-0.05, 0) is 44.1 Å². The third-order valence-corrected chi connectivity index (χ3v) is 8.96. The summed E-state index contributed by atoms with van der Waals surface area (Å²) >= 11 is 1.42. The Bertz CT molecular complexity index is 1520. The molecule has 5 heterocycles. The molecule has 2 fully saturated rings. The molecule has 0 aromatic carbocycles. The second kappa shape index (κ2) is 10.9. The van der Waals surface area contributed by atoms with Crippen LogP contribution in [0.5, 0.6) is 5.88 Å². The number of nitrogens with zero attached hydrogens (tertiary/aromatic N) is 4. The van der Waals surface area contributed by atoms with Crippen molar-refractivity contribution in [2.45, 2.75) is 75.6 Å². The van der Waals surface area contributed by atoms with Crippen LogP contribution >= 0.6 is 11.3 Å². The van der Waals surface area contributed by atoms with Crippen molar-refractivity contribution in [1.82, 2.24) is 25.3 Å². The van der Waals surface area contributed by atoms with E-state index in [2.05, 4.69) is 20.4 Å². The van der Waals surface area contributed by atoms with Crippen LogP contribution in [0.1, 0.15) is 50.7 Å². The number of carbonyl (C=O) groups is 3. The van der Waals surface area contributed by atoms with E-state index in [1.54, 1.807) is 13.0 Å². The molecule has 6 rings (SSSR count). The first kappa shape index (κ1) is 27.3. The fourth-order valence-corrected chi connectivity index (χ4v) is 6.46. The first-order valence-corrected chi connectivity index (χ1v) is 14.8. The number of aromatic nitrogens is 3. The topological polar surface area (TPSA) is 174 Å². The molecule has 0 spiro atoms. The molecule has 0 radical (unpaired) electrons. The summed E-state index contributed by atoms with van der Waals surface area (Å²) in [5.74, 6) is -0.966. The average Bonchev–Trinajstić information content (AvgIpc) is 3.35. The summed E-state index contributed by atoms with van der Waals surface area (Å²) in [6.45, 7) is 1.89. The van der Waals surface area contributed by atoms with Gasteiger partial charge in [0.25, 0.3) is 0 Å². The molecular weight excluding hydrogens is 548 g/mol. The highest BCUT2D eigenvalue weighted by Crippen LogP contribution is 2.45. The molecule has 4 N–H and O–H groups in total. The molecule has 13 heteroatoms. The summed E-state index contributed by atoms with van der Waals surface area (Å²) in [7, 11) is 0. The number of carboxylic acid groups (broad SMARTS) is 1. The number of rotatable bonds is 4. The van der Waals surface area contributed by atoms with E-state index in [0.717, 1.165) is 30.4 Å². The second-order valence-corrected chi connectivity index (χ2v) is 12.0. The molecule has 3 aromatic heterocycles. The molecule has 3 aliphatic rings. The van der Waals surface area contributed by atoms with Gasteiger partial charge in [-0.25, -0.2) is 9.78 Å². The molecule has 0 unspecified atom stereocenters. The number of hydrogen-bond acceptors (Lipinski definition) is 10. The van der Waals surface area contributed by atoms with Gasteiger partial charge in [-0.15, -0.1) is 11.3 Å². The van der Waals surface area contributed by atoms with Crippen LogP contribution in [-0.2, 0) is 14.4 Å². The Morgan fingerprint density at radius 1 is 1.29 bits per heavy atom. The lowest BCUT2D eigenvalue weighted by molar-refractivity contribution is -0.145. The summed E-state index contributed by atoms with van der Waals surface area (Å²) < 4.78 is 12.3. The van der Waals surface area contributed by atoms with E-state index in [9.17, 15) is 19.5 Å². The van der Waals surface area contributed by atoms with Crippen LogP contribution in [0.4, 0.5) is 0 Å². The molecule has 216 valence electrons. The summed E-state index contributed by atoms with van der Waals surface area (Å²) in [4.78, 5) is 50.0. The number of aryl methyl sites for hydroxylation is 1. The molecule has 5 atom stereocenters. The normalized spacial score (nSPS) is 29.7. The predicted molar refractivity (Wildman–Crippen MR) is 149 cm³/mol. The van der Waals surface area contributed by atoms with Crippen LogP contribution in [0.3, 0.4) is 0 Å². The van der Waals surface area contributed by atoms with Crippen molar-refractivity contribution < 1.29 is 28.8 Å². The van der Waals surface area contributed by atoms with Gasteiger partial charge < -0.3 is 30.3 Å². The minimum atomic E-state index is -1.37. The van der Waals surface area contributed by atoms with Gasteiger partial charge >= 0.3 is 5.97 Å². The lowest BCUT2D eigenvalue weighted by atomic mass is 10.1. The molecular formula is C28H32N6O6S. The van der Waals surface area contributed by atoms with Crippen molar-refractivity contribution in [2.24, 2.45) is 11.7 Å². The molecule has 12 nitrogen and oxygen atoms in total. The van der Waals surface area contributed by atoms with Crippen molar-refractivity contribution in [1.29, 1.82) is 0 Å². The monoisotopic (exact) mass is 580 g/mol. The van der Waals surface area contributed by atoms with Crippen molar-refractivity contribution >= 4 is 39.3 Å². The number of allylic oxidation sites excluding steroid dienone is 1. The number of amides is 2. The smallest absolute Gasteiger partial charge is 0.330 e. The maximum absolute atomic E-state index is 13.6. The lowest BCUT2D eigenvalue weighted by Gasteiger charge is -2.27. The fourth-order valence-electron chi connectivity index (χ4n) is 5.70. The van der Waals surface area contributed by atoms with Gasteiger partial charge in [0.1, 0.15) is 28.1 Å². The Labute approximate surface area is 239 Å². The van der Waals surface area contributed by atoms with E-state index >= 15 is 0 Å². The van der Waals surface area contributed by atoms with Crippen molar-refractivity contribution in [3.63, 3.8) is 0 Å². The number of carbonyl (C=O) groups excluding carboxylic acids is 2. The first-order chi connectivity index (χ1) is 19.7. The van der Waals surface area contributed by atoms with E-state index in [1.807, 2.05) is 23.6 Å². The summed E-state index contributed by atoms with van der Waals surface area (Å²) in [5.41, 5.74) is 6.08. The van der Waals surface area contributed by atoms with Crippen LogP contribution in [0.2, 0.25) is 0 Å². The van der Waals surface area contributed by atoms with Gasteiger partial charge in [-0.3, -0.25) is 9.59 Å². The summed E-state index contributed by atoms with van der Waals surface area (Å²) in [6, 6.07) is 1.89. The summed E-state index contributed by atoms with van der Waals surface area (Å²) in [6.07, 6.45) is 7.70. The fraction of sp³-hybridized carbons (Fsp3) is 0.500. The van der Waals surface area contributed by atoms with Crippen LogP contribution < -0.4 is 15.8 Å². The predicted octanol–water partition coefficient (Wildman–Crippen LogP) is 2.81. The van der Waals surface area contributed by atoms with E-state index in [-0.39, 0.29) is 24.8 Å². The Kier molecular flexibility index (Phi) is 7.24. The number of nitrogens with two attached hydrogens (primary N) is 1. The quantitative estimate of drug-likeness (QED) is 0.389. The van der Waals surface area contributed by atoms with E-state index in [0.29, 0.717) is 41.5 Å². The molecule has 0 bridgehead atoms. The molecule has 2 amide bonds. The highest BCUT2D eigenvalue weighted by molar-refractivity contribution is 7.17. The number of fused-ring (bicyclic) bond motifs is 3. The zero-order valence-corrected chi connectivity index (χ0v) is 23.4. The van der Waals surface area contributed by atoms with E-state index in [1.165, 1.54) is 16.2 Å². The van der Waals surface area contributed by atoms with Crippen molar-refractivity contribution in [3.05, 3.63) is 35.4 Å². The summed E-state index contributed by atoms with van der Waals surface area (Å²) in [5, 5.41) is 18.7. The lowest BCUT2D eigenvalue weighted by Crippen LogP contribution is -2.55. The molecule has 3 aromatic rings. The third kappa shape index (κ3) is 5.31. The van der Waals surface area contributed by atoms with Crippen molar-refractivity contribution in [3.8, 4) is 17.4 Å². The molecule has 1 saturated carbocycles. The standard InChI is InChI=1S/C28H32N6O6S/c1-15-11-20(33-40-15)23-30-19-9-10-41-22(19)25(31-23)39-17-12-21-24(35)32-28(27(37)38)13-16(28)7-5-3-2-4-6-8-18(29)26(36)34(21)14-17/h5,7,9-11,16-18,21H,2-4,6,8,12-14,29H2,1H3,(H,32,35)(H,37,38)/b7-5-/t16-,17-,18+,21+,28-/m1/s1. The molecule has 1 saturated heterocycles. The Balaban J connectivity index is 1.29. The Morgan fingerprint density at radius 3 is 2.93 bits per heavy atom. The van der Waals surface area contributed by atoms with Gasteiger partial charge in [0.2, 0.25) is 17.7 Å². The van der Waals surface area contributed by atoms with E-state index < -0.39 is 35.6 Å². The largest absolute Gasteiger partial charge is 0.479 e. The minimum Gasteiger partial charge on any atom is -0.479 e. The number of ether oxygens (including phenoxy) is 1. The SMILES string of the molecule is Cc1cc(-c2nc(O[C@@H]3C[C@H]4C(=O)N[C@]5(C(=O)O)C[C@H]5/C=C\CCCCC[C@H](N)C(=O)N4C3)c3sccc3n2)no1. The molecule has 41 heavy (non-hydrogen) atoms. The zero-order chi connectivity index (χ0) is 28.7. The average molecular weight is 581 g/mol. The van der Waals surface area contributed by atoms with Gasteiger partial charge in [-0.2, -0.15) is 4.98 Å². The number of nitrogens with one attached hydrogen (secondary N) is 1. The maximum Gasteiger partial charge on any atom is 0.330 e. The maximum atomic E-state index is 13.6. The zero-order valence-electron chi connectivity index (χ0n) is 22.6. The van der Waals surface area contributed by atoms with Crippen LogP contribution in [0.25, 0.3) is 21.7 Å². The first-order valence-electron chi connectivity index (χ1n) is 13.9. The Morgan fingerprint density at radius 2 is 2.15 bits per heavy atom. The number of carboxylic acids is 1. The second-order valence-electron chi connectivity index (χ2n) is 11.0.